The van der Waals surface area contributed by atoms with Crippen LogP contribution in [-0.2, 0) is 9.53 Å². The molecule has 0 aliphatic carbocycles. The van der Waals surface area contributed by atoms with Gasteiger partial charge in [0.15, 0.2) is 0 Å². The summed E-state index contributed by atoms with van der Waals surface area (Å²) < 4.78 is 47.8. The lowest BCUT2D eigenvalue weighted by Gasteiger charge is -2.23. The van der Waals surface area contributed by atoms with E-state index in [-0.39, 0.29) is 30.0 Å². The minimum Gasteiger partial charge on any atom is -0.372 e. The summed E-state index contributed by atoms with van der Waals surface area (Å²) >= 11 is 0. The SMILES string of the molecule is Cc1cc(N2CCOC(c3ccc(F)cc3F)CC2)nc(F)c1NC(=O)CC(C)(C)C. The number of hydrogen-bond acceptors (Lipinski definition) is 4. The average molecular weight is 435 g/mol. The largest absolute Gasteiger partial charge is 0.372 e. The van der Waals surface area contributed by atoms with Gasteiger partial charge in [0.1, 0.15) is 17.5 Å². The first-order valence-corrected chi connectivity index (χ1v) is 10.3. The Hall–Kier alpha value is -2.61. The second-order valence-electron chi connectivity index (χ2n) is 9.05. The monoisotopic (exact) mass is 435 g/mol. The van der Waals surface area contributed by atoms with E-state index in [9.17, 15) is 18.0 Å². The lowest BCUT2D eigenvalue weighted by molar-refractivity contribution is -0.117. The van der Waals surface area contributed by atoms with Crippen molar-refractivity contribution in [1.29, 1.82) is 0 Å². The molecule has 31 heavy (non-hydrogen) atoms. The molecule has 1 aliphatic heterocycles. The summed E-state index contributed by atoms with van der Waals surface area (Å²) in [7, 11) is 0. The number of nitrogens with zero attached hydrogens (tertiary/aromatic N) is 2. The maximum Gasteiger partial charge on any atom is 0.238 e. The Labute approximate surface area is 180 Å². The molecule has 1 unspecified atom stereocenters. The quantitative estimate of drug-likeness (QED) is 0.675. The molecule has 1 aliphatic rings. The first-order valence-electron chi connectivity index (χ1n) is 10.3. The molecule has 5 nitrogen and oxygen atoms in total. The second-order valence-corrected chi connectivity index (χ2v) is 9.05. The predicted molar refractivity (Wildman–Crippen MR) is 114 cm³/mol. The summed E-state index contributed by atoms with van der Waals surface area (Å²) in [5.74, 6) is -1.87. The Morgan fingerprint density at radius 1 is 1.23 bits per heavy atom. The van der Waals surface area contributed by atoms with Crippen LogP contribution < -0.4 is 10.2 Å². The number of benzene rings is 1. The fourth-order valence-corrected chi connectivity index (χ4v) is 3.61. The third-order valence-corrected chi connectivity index (χ3v) is 5.09. The van der Waals surface area contributed by atoms with Crippen LogP contribution in [0.3, 0.4) is 0 Å². The van der Waals surface area contributed by atoms with Crippen LogP contribution in [0.25, 0.3) is 0 Å². The van der Waals surface area contributed by atoms with Gasteiger partial charge in [-0.2, -0.15) is 4.39 Å². The standard InChI is InChI=1S/C23H28F3N3O2/c1-14-11-19(27-22(26)21(14)28-20(30)13-23(2,3)4)29-8-7-18(31-10-9-29)16-6-5-15(24)12-17(16)25/h5-6,11-12,18H,7-10,13H2,1-4H3,(H,28,30). The second kappa shape index (κ2) is 9.26. The zero-order chi connectivity index (χ0) is 22.8. The number of ether oxygens (including phenoxy) is 1. The highest BCUT2D eigenvalue weighted by Gasteiger charge is 2.24. The van der Waals surface area contributed by atoms with E-state index in [4.69, 9.17) is 4.74 Å². The van der Waals surface area contributed by atoms with E-state index in [1.807, 2.05) is 25.7 Å². The van der Waals surface area contributed by atoms with Crippen molar-refractivity contribution < 1.29 is 22.7 Å². The summed E-state index contributed by atoms with van der Waals surface area (Å²) in [5, 5.41) is 2.62. The molecule has 0 radical (unpaired) electrons. The number of aryl methyl sites for hydroxylation is 1. The number of nitrogens with one attached hydrogen (secondary N) is 1. The van der Waals surface area contributed by atoms with E-state index in [2.05, 4.69) is 10.3 Å². The number of hydrogen-bond donors (Lipinski definition) is 1. The molecule has 2 aromatic rings. The smallest absolute Gasteiger partial charge is 0.238 e. The lowest BCUT2D eigenvalue weighted by atomic mass is 9.92. The number of amides is 1. The molecule has 0 spiro atoms. The molecule has 0 bridgehead atoms. The van der Waals surface area contributed by atoms with Crippen LogP contribution in [0.2, 0.25) is 0 Å². The fraction of sp³-hybridized carbons (Fsp3) is 0.478. The van der Waals surface area contributed by atoms with Gasteiger partial charge in [0, 0.05) is 31.1 Å². The van der Waals surface area contributed by atoms with E-state index in [0.717, 1.165) is 6.07 Å². The van der Waals surface area contributed by atoms with E-state index in [1.54, 1.807) is 13.0 Å². The van der Waals surface area contributed by atoms with Gasteiger partial charge >= 0.3 is 0 Å². The molecule has 1 fully saturated rings. The Bertz CT molecular complexity index is 937. The van der Waals surface area contributed by atoms with Crippen molar-refractivity contribution in [3.8, 4) is 0 Å². The normalized spacial score (nSPS) is 17.4. The van der Waals surface area contributed by atoms with Gasteiger partial charge in [0.25, 0.3) is 0 Å². The molecule has 0 saturated carbocycles. The van der Waals surface area contributed by atoms with Crippen LogP contribution in [-0.4, -0.2) is 30.6 Å². The molecular formula is C23H28F3N3O2. The number of halogens is 3. The zero-order valence-corrected chi connectivity index (χ0v) is 18.3. The fourth-order valence-electron chi connectivity index (χ4n) is 3.61. The van der Waals surface area contributed by atoms with E-state index < -0.39 is 23.7 Å². The van der Waals surface area contributed by atoms with Crippen LogP contribution in [0, 0.1) is 29.9 Å². The zero-order valence-electron chi connectivity index (χ0n) is 18.3. The Morgan fingerprint density at radius 3 is 2.61 bits per heavy atom. The highest BCUT2D eigenvalue weighted by atomic mass is 19.1. The molecule has 168 valence electrons. The highest BCUT2D eigenvalue weighted by Crippen LogP contribution is 2.30. The van der Waals surface area contributed by atoms with Crippen molar-refractivity contribution in [2.45, 2.75) is 46.6 Å². The predicted octanol–water partition coefficient (Wildman–Crippen LogP) is 5.15. The van der Waals surface area contributed by atoms with Gasteiger partial charge in [-0.15, -0.1) is 0 Å². The van der Waals surface area contributed by atoms with Gasteiger partial charge in [0.05, 0.1) is 18.4 Å². The van der Waals surface area contributed by atoms with Crippen molar-refractivity contribution in [3.63, 3.8) is 0 Å². The maximum absolute atomic E-state index is 14.7. The highest BCUT2D eigenvalue weighted by molar-refractivity contribution is 5.92. The molecule has 1 aromatic carbocycles. The van der Waals surface area contributed by atoms with Gasteiger partial charge in [-0.05, 0) is 36.5 Å². The molecule has 2 heterocycles. The van der Waals surface area contributed by atoms with Crippen molar-refractivity contribution in [3.05, 3.63) is 53.0 Å². The van der Waals surface area contributed by atoms with Crippen molar-refractivity contribution in [2.75, 3.05) is 29.9 Å². The van der Waals surface area contributed by atoms with E-state index >= 15 is 0 Å². The first-order chi connectivity index (χ1) is 14.5. The molecular weight excluding hydrogens is 407 g/mol. The maximum atomic E-state index is 14.7. The number of carbonyl (C=O) groups is 1. The van der Waals surface area contributed by atoms with Crippen molar-refractivity contribution in [1.82, 2.24) is 4.98 Å². The van der Waals surface area contributed by atoms with Gasteiger partial charge in [0.2, 0.25) is 11.9 Å². The molecule has 1 atom stereocenters. The average Bonchev–Trinajstić information content (AvgIpc) is 2.89. The van der Waals surface area contributed by atoms with Gasteiger partial charge < -0.3 is 15.0 Å². The summed E-state index contributed by atoms with van der Waals surface area (Å²) in [6.45, 7) is 8.71. The van der Waals surface area contributed by atoms with Crippen LogP contribution in [0.5, 0.6) is 0 Å². The Kier molecular flexibility index (Phi) is 6.89. The first kappa shape index (κ1) is 23.1. The van der Waals surface area contributed by atoms with Crippen LogP contribution in [0.1, 0.15) is 50.8 Å². The van der Waals surface area contributed by atoms with E-state index in [0.29, 0.717) is 36.5 Å². The number of anilines is 2. The summed E-state index contributed by atoms with van der Waals surface area (Å²) in [4.78, 5) is 18.1. The lowest BCUT2D eigenvalue weighted by Crippen LogP contribution is -2.27. The third kappa shape index (κ3) is 5.97. The molecule has 1 N–H and O–H groups in total. The Morgan fingerprint density at radius 2 is 1.97 bits per heavy atom. The van der Waals surface area contributed by atoms with Crippen LogP contribution in [0.15, 0.2) is 24.3 Å². The number of rotatable bonds is 4. The van der Waals surface area contributed by atoms with Crippen LogP contribution in [0.4, 0.5) is 24.7 Å². The van der Waals surface area contributed by atoms with Crippen molar-refractivity contribution >= 4 is 17.4 Å². The molecule has 1 amide bonds. The number of carbonyl (C=O) groups excluding carboxylic acids is 1. The Balaban J connectivity index is 1.72. The summed E-state index contributed by atoms with van der Waals surface area (Å²) in [6.07, 6.45) is 0.181. The molecule has 1 saturated heterocycles. The minimum absolute atomic E-state index is 0.0790. The third-order valence-electron chi connectivity index (χ3n) is 5.09. The van der Waals surface area contributed by atoms with E-state index in [1.165, 1.54) is 12.1 Å². The molecule has 3 rings (SSSR count). The molecule has 8 heteroatoms. The van der Waals surface area contributed by atoms with Gasteiger partial charge in [-0.1, -0.05) is 26.8 Å². The van der Waals surface area contributed by atoms with Crippen LogP contribution >= 0.6 is 0 Å². The molecule has 1 aromatic heterocycles. The minimum atomic E-state index is -0.747. The number of pyridine rings is 1. The summed E-state index contributed by atoms with van der Waals surface area (Å²) in [6, 6.07) is 5.16. The summed E-state index contributed by atoms with van der Waals surface area (Å²) in [5.41, 5.74) is 0.732. The van der Waals surface area contributed by atoms with Gasteiger partial charge in [-0.3, -0.25) is 4.79 Å². The number of aromatic nitrogens is 1. The van der Waals surface area contributed by atoms with Crippen molar-refractivity contribution in [2.24, 2.45) is 5.41 Å². The van der Waals surface area contributed by atoms with Gasteiger partial charge in [-0.25, -0.2) is 13.8 Å². The topological polar surface area (TPSA) is 54.5 Å².